The molecule has 0 aliphatic rings. The van der Waals surface area contributed by atoms with Crippen molar-refractivity contribution in [3.05, 3.63) is 34.3 Å². The van der Waals surface area contributed by atoms with Gasteiger partial charge in [0.05, 0.1) is 0 Å². The van der Waals surface area contributed by atoms with E-state index in [0.717, 1.165) is 10.9 Å². The monoisotopic (exact) mass is 241 g/mol. The first-order valence-electron chi connectivity index (χ1n) is 4.60. The standard InChI is InChI=1S/C11H16BrN/c1-8(2)7-11(13)9-3-5-10(12)6-4-9/h3-6,8,11H,7,13H2,1-2H3. The molecule has 0 spiro atoms. The quantitative estimate of drug-likeness (QED) is 0.862. The number of halogens is 1. The Morgan fingerprint density at radius 3 is 2.23 bits per heavy atom. The second kappa shape index (κ2) is 4.77. The van der Waals surface area contributed by atoms with Crippen molar-refractivity contribution in [2.24, 2.45) is 11.7 Å². The van der Waals surface area contributed by atoms with E-state index in [1.807, 2.05) is 12.1 Å². The highest BCUT2D eigenvalue weighted by Gasteiger charge is 2.07. The average Bonchev–Trinajstić information content (AvgIpc) is 2.04. The minimum Gasteiger partial charge on any atom is -0.324 e. The van der Waals surface area contributed by atoms with Gasteiger partial charge in [0.1, 0.15) is 0 Å². The Hall–Kier alpha value is -0.340. The summed E-state index contributed by atoms with van der Waals surface area (Å²) in [7, 11) is 0. The molecule has 0 aliphatic carbocycles. The van der Waals surface area contributed by atoms with E-state index in [2.05, 4.69) is 41.9 Å². The lowest BCUT2D eigenvalue weighted by Crippen LogP contribution is -2.12. The lowest BCUT2D eigenvalue weighted by Gasteiger charge is -2.14. The molecule has 0 fully saturated rings. The molecule has 1 rings (SSSR count). The van der Waals surface area contributed by atoms with E-state index in [0.29, 0.717) is 5.92 Å². The van der Waals surface area contributed by atoms with Crippen LogP contribution in [0, 0.1) is 5.92 Å². The van der Waals surface area contributed by atoms with Crippen LogP contribution in [0.2, 0.25) is 0 Å². The largest absolute Gasteiger partial charge is 0.324 e. The minimum atomic E-state index is 0.174. The van der Waals surface area contributed by atoms with Gasteiger partial charge >= 0.3 is 0 Å². The fourth-order valence-electron chi connectivity index (χ4n) is 1.35. The number of rotatable bonds is 3. The van der Waals surface area contributed by atoms with E-state index < -0.39 is 0 Å². The van der Waals surface area contributed by atoms with Crippen LogP contribution in [0.15, 0.2) is 28.7 Å². The van der Waals surface area contributed by atoms with Crippen LogP contribution in [0.1, 0.15) is 31.9 Å². The van der Waals surface area contributed by atoms with Gasteiger partial charge in [-0.1, -0.05) is 41.9 Å². The smallest absolute Gasteiger partial charge is 0.0297 e. The summed E-state index contributed by atoms with van der Waals surface area (Å²) < 4.78 is 1.10. The molecular formula is C11H16BrN. The number of hydrogen-bond acceptors (Lipinski definition) is 1. The van der Waals surface area contributed by atoms with Gasteiger partial charge in [-0.15, -0.1) is 0 Å². The van der Waals surface area contributed by atoms with E-state index in [1.165, 1.54) is 5.56 Å². The number of benzene rings is 1. The summed E-state index contributed by atoms with van der Waals surface area (Å²) in [5.41, 5.74) is 7.25. The predicted octanol–water partition coefficient (Wildman–Crippen LogP) is 3.50. The van der Waals surface area contributed by atoms with Crippen molar-refractivity contribution < 1.29 is 0 Å². The summed E-state index contributed by atoms with van der Waals surface area (Å²) in [6, 6.07) is 8.41. The number of nitrogens with two attached hydrogens (primary N) is 1. The Balaban J connectivity index is 2.66. The molecular weight excluding hydrogens is 226 g/mol. The lowest BCUT2D eigenvalue weighted by molar-refractivity contribution is 0.510. The maximum absolute atomic E-state index is 6.03. The van der Waals surface area contributed by atoms with Crippen LogP contribution < -0.4 is 5.73 Å². The van der Waals surface area contributed by atoms with Crippen LogP contribution in [0.4, 0.5) is 0 Å². The summed E-state index contributed by atoms with van der Waals surface area (Å²) >= 11 is 3.40. The SMILES string of the molecule is CC(C)CC(N)c1ccc(Br)cc1. The van der Waals surface area contributed by atoms with Crippen LogP contribution in [0.25, 0.3) is 0 Å². The van der Waals surface area contributed by atoms with Gasteiger partial charge in [0.15, 0.2) is 0 Å². The molecule has 1 atom stereocenters. The molecule has 13 heavy (non-hydrogen) atoms. The Morgan fingerprint density at radius 2 is 1.77 bits per heavy atom. The first kappa shape index (κ1) is 10.7. The molecule has 72 valence electrons. The zero-order valence-electron chi connectivity index (χ0n) is 8.13. The van der Waals surface area contributed by atoms with Gasteiger partial charge in [0.2, 0.25) is 0 Å². The molecule has 1 aromatic rings. The third-order valence-corrected chi connectivity index (χ3v) is 2.55. The molecule has 1 nitrogen and oxygen atoms in total. The van der Waals surface area contributed by atoms with Gasteiger partial charge in [0, 0.05) is 10.5 Å². The molecule has 1 unspecified atom stereocenters. The van der Waals surface area contributed by atoms with E-state index in [4.69, 9.17) is 5.73 Å². The molecule has 0 saturated carbocycles. The summed E-state index contributed by atoms with van der Waals surface area (Å²) in [5.74, 6) is 0.652. The number of hydrogen-bond donors (Lipinski definition) is 1. The molecule has 0 bridgehead atoms. The third kappa shape index (κ3) is 3.49. The summed E-state index contributed by atoms with van der Waals surface area (Å²) in [6.07, 6.45) is 1.04. The van der Waals surface area contributed by atoms with Crippen LogP contribution in [0.5, 0.6) is 0 Å². The lowest BCUT2D eigenvalue weighted by atomic mass is 9.98. The molecule has 0 heterocycles. The van der Waals surface area contributed by atoms with Gasteiger partial charge in [-0.25, -0.2) is 0 Å². The Labute approximate surface area is 88.5 Å². The van der Waals surface area contributed by atoms with Crippen LogP contribution in [-0.2, 0) is 0 Å². The van der Waals surface area contributed by atoms with Crippen LogP contribution >= 0.6 is 15.9 Å². The molecule has 2 heteroatoms. The summed E-state index contributed by atoms with van der Waals surface area (Å²) in [5, 5.41) is 0. The predicted molar refractivity (Wildman–Crippen MR) is 60.5 cm³/mol. The normalized spacial score (nSPS) is 13.3. The highest BCUT2D eigenvalue weighted by molar-refractivity contribution is 9.10. The van der Waals surface area contributed by atoms with Crippen molar-refractivity contribution in [3.8, 4) is 0 Å². The van der Waals surface area contributed by atoms with Gasteiger partial charge < -0.3 is 5.73 Å². The zero-order chi connectivity index (χ0) is 9.84. The van der Waals surface area contributed by atoms with E-state index in [-0.39, 0.29) is 6.04 Å². The fraction of sp³-hybridized carbons (Fsp3) is 0.455. The van der Waals surface area contributed by atoms with E-state index in [9.17, 15) is 0 Å². The molecule has 2 N–H and O–H groups in total. The van der Waals surface area contributed by atoms with Gasteiger partial charge in [0.25, 0.3) is 0 Å². The highest BCUT2D eigenvalue weighted by Crippen LogP contribution is 2.20. The minimum absolute atomic E-state index is 0.174. The van der Waals surface area contributed by atoms with Crippen LogP contribution in [0.3, 0.4) is 0 Å². The van der Waals surface area contributed by atoms with E-state index >= 15 is 0 Å². The van der Waals surface area contributed by atoms with Crippen LogP contribution in [-0.4, -0.2) is 0 Å². The van der Waals surface area contributed by atoms with Gasteiger partial charge in [-0.2, -0.15) is 0 Å². The van der Waals surface area contributed by atoms with Crippen molar-refractivity contribution in [1.82, 2.24) is 0 Å². The van der Waals surface area contributed by atoms with E-state index in [1.54, 1.807) is 0 Å². The molecule has 0 saturated heterocycles. The maximum Gasteiger partial charge on any atom is 0.0297 e. The Morgan fingerprint density at radius 1 is 1.23 bits per heavy atom. The Bertz CT molecular complexity index is 253. The zero-order valence-corrected chi connectivity index (χ0v) is 9.71. The van der Waals surface area contributed by atoms with Crippen molar-refractivity contribution >= 4 is 15.9 Å². The fourth-order valence-corrected chi connectivity index (χ4v) is 1.62. The summed E-state index contributed by atoms with van der Waals surface area (Å²) in [6.45, 7) is 4.39. The molecule has 0 aliphatic heterocycles. The third-order valence-electron chi connectivity index (χ3n) is 2.02. The van der Waals surface area contributed by atoms with Crippen molar-refractivity contribution in [1.29, 1.82) is 0 Å². The maximum atomic E-state index is 6.03. The summed E-state index contributed by atoms with van der Waals surface area (Å²) in [4.78, 5) is 0. The average molecular weight is 242 g/mol. The Kier molecular flexibility index (Phi) is 3.94. The van der Waals surface area contributed by atoms with Gasteiger partial charge in [-0.05, 0) is 30.0 Å². The van der Waals surface area contributed by atoms with Crippen molar-refractivity contribution in [2.75, 3.05) is 0 Å². The molecule has 0 radical (unpaired) electrons. The second-order valence-electron chi connectivity index (χ2n) is 3.79. The highest BCUT2D eigenvalue weighted by atomic mass is 79.9. The molecule has 1 aromatic carbocycles. The topological polar surface area (TPSA) is 26.0 Å². The first-order valence-corrected chi connectivity index (χ1v) is 5.40. The first-order chi connectivity index (χ1) is 6.09. The van der Waals surface area contributed by atoms with Gasteiger partial charge in [-0.3, -0.25) is 0 Å². The van der Waals surface area contributed by atoms with Crippen molar-refractivity contribution in [2.45, 2.75) is 26.3 Å². The molecule has 0 amide bonds. The molecule has 0 aromatic heterocycles. The van der Waals surface area contributed by atoms with Crippen molar-refractivity contribution in [3.63, 3.8) is 0 Å². The second-order valence-corrected chi connectivity index (χ2v) is 4.70.